The number of guanidine groups is 1. The van der Waals surface area contributed by atoms with Gasteiger partial charge in [0.15, 0.2) is 5.96 Å². The molecule has 1 aromatic carbocycles. The number of aromatic amines is 1. The van der Waals surface area contributed by atoms with Crippen LogP contribution in [0.5, 0.6) is 0 Å². The molecule has 0 aliphatic rings. The van der Waals surface area contributed by atoms with E-state index in [1.807, 2.05) is 24.3 Å². The Bertz CT molecular complexity index is 1150. The number of aliphatic imine (C=N–C) groups is 1. The lowest BCUT2D eigenvalue weighted by Gasteiger charge is -2.23. The summed E-state index contributed by atoms with van der Waals surface area (Å²) in [6.45, 7) is -1.55. The zero-order valence-corrected chi connectivity index (χ0v) is 20.6. The number of aliphatic carboxylic acids is 1. The van der Waals surface area contributed by atoms with Gasteiger partial charge in [-0.15, -0.1) is 0 Å². The normalized spacial score (nSPS) is 14.1. The molecular formula is C23H34N8O7. The number of fused-ring (bicyclic) bond motifs is 1. The molecule has 4 unspecified atom stereocenters. The number of aliphatic hydroxyl groups is 2. The number of H-pyrrole nitrogens is 1. The van der Waals surface area contributed by atoms with E-state index < -0.39 is 61.1 Å². The van der Waals surface area contributed by atoms with Crippen molar-refractivity contribution in [1.29, 1.82) is 0 Å². The van der Waals surface area contributed by atoms with Gasteiger partial charge in [0.25, 0.3) is 0 Å². The van der Waals surface area contributed by atoms with Gasteiger partial charge in [-0.25, -0.2) is 4.79 Å². The summed E-state index contributed by atoms with van der Waals surface area (Å²) in [7, 11) is 0. The predicted molar refractivity (Wildman–Crippen MR) is 137 cm³/mol. The van der Waals surface area contributed by atoms with Crippen molar-refractivity contribution in [3.8, 4) is 0 Å². The summed E-state index contributed by atoms with van der Waals surface area (Å²) in [5, 5.41) is 36.2. The van der Waals surface area contributed by atoms with E-state index in [0.717, 1.165) is 16.5 Å². The number of carboxylic acids is 1. The number of carbonyl (C=O) groups excluding carboxylic acids is 3. The summed E-state index contributed by atoms with van der Waals surface area (Å²) in [6, 6.07) is 2.03. The van der Waals surface area contributed by atoms with E-state index in [0.29, 0.717) is 0 Å². The number of hydrogen-bond donors (Lipinski definition) is 10. The second-order valence-electron chi connectivity index (χ2n) is 8.51. The topological polar surface area (TPSA) is 271 Å². The first-order chi connectivity index (χ1) is 18.1. The summed E-state index contributed by atoms with van der Waals surface area (Å²) >= 11 is 0. The molecule has 15 heteroatoms. The van der Waals surface area contributed by atoms with Gasteiger partial charge in [-0.3, -0.25) is 19.4 Å². The highest BCUT2D eigenvalue weighted by Gasteiger charge is 2.30. The van der Waals surface area contributed by atoms with Crippen LogP contribution in [0.1, 0.15) is 18.4 Å². The van der Waals surface area contributed by atoms with Crippen LogP contribution in [-0.2, 0) is 25.6 Å². The molecule has 4 atom stereocenters. The molecular weight excluding hydrogens is 500 g/mol. The molecule has 2 rings (SSSR count). The molecule has 0 fully saturated rings. The van der Waals surface area contributed by atoms with Gasteiger partial charge in [0.05, 0.1) is 19.3 Å². The van der Waals surface area contributed by atoms with Gasteiger partial charge in [-0.1, -0.05) is 18.2 Å². The Labute approximate surface area is 217 Å². The molecule has 0 spiro atoms. The van der Waals surface area contributed by atoms with E-state index in [9.17, 15) is 34.5 Å². The van der Waals surface area contributed by atoms with Gasteiger partial charge < -0.3 is 53.5 Å². The summed E-state index contributed by atoms with van der Waals surface area (Å²) in [4.78, 5) is 56.0. The van der Waals surface area contributed by atoms with Crippen LogP contribution in [0.25, 0.3) is 10.9 Å². The minimum absolute atomic E-state index is 0.0202. The largest absolute Gasteiger partial charge is 0.480 e. The number of para-hydroxylation sites is 1. The van der Waals surface area contributed by atoms with Gasteiger partial charge in [0.2, 0.25) is 17.7 Å². The molecule has 15 nitrogen and oxygen atoms in total. The molecule has 13 N–H and O–H groups in total. The Morgan fingerprint density at radius 1 is 0.921 bits per heavy atom. The monoisotopic (exact) mass is 534 g/mol. The number of nitrogens with one attached hydrogen (secondary N) is 4. The second kappa shape index (κ2) is 14.5. The summed E-state index contributed by atoms with van der Waals surface area (Å²) < 4.78 is 0. The van der Waals surface area contributed by atoms with Crippen LogP contribution < -0.4 is 33.2 Å². The highest BCUT2D eigenvalue weighted by molar-refractivity contribution is 5.94. The molecule has 0 saturated carbocycles. The standard InChI is InChI=1S/C23H34N8O7/c24-14(8-12-9-28-15-5-2-1-4-13(12)15)19(34)30-17(10-32)21(36)31-18(11-33)20(35)29-16(22(37)38)6-3-7-27-23(25)26/h1-2,4-5,9,14,16-18,28,32-33H,3,6-8,10-11,24H2,(H,29,35)(H,30,34)(H,31,36)(H,37,38)(H4,25,26,27). The number of carboxylic acid groups (broad SMARTS) is 1. The molecule has 2 aromatic rings. The lowest BCUT2D eigenvalue weighted by Crippen LogP contribution is -2.59. The van der Waals surface area contributed by atoms with Crippen LogP contribution in [0.15, 0.2) is 35.5 Å². The lowest BCUT2D eigenvalue weighted by molar-refractivity contribution is -0.142. The first-order valence-corrected chi connectivity index (χ1v) is 11.8. The minimum Gasteiger partial charge on any atom is -0.480 e. The third-order valence-electron chi connectivity index (χ3n) is 5.64. The van der Waals surface area contributed by atoms with Crippen molar-refractivity contribution in [2.75, 3.05) is 19.8 Å². The van der Waals surface area contributed by atoms with Crippen molar-refractivity contribution in [1.82, 2.24) is 20.9 Å². The molecule has 208 valence electrons. The molecule has 1 heterocycles. The summed E-state index contributed by atoms with van der Waals surface area (Å²) in [6.07, 6.45) is 2.09. The van der Waals surface area contributed by atoms with Crippen molar-refractivity contribution < 1.29 is 34.5 Å². The van der Waals surface area contributed by atoms with Crippen molar-refractivity contribution >= 4 is 40.6 Å². The number of rotatable bonds is 15. The van der Waals surface area contributed by atoms with E-state index in [-0.39, 0.29) is 31.8 Å². The van der Waals surface area contributed by atoms with Gasteiger partial charge in [-0.05, 0) is 30.9 Å². The third kappa shape index (κ3) is 8.72. The van der Waals surface area contributed by atoms with Crippen LogP contribution in [0, 0.1) is 0 Å². The van der Waals surface area contributed by atoms with Crippen LogP contribution >= 0.6 is 0 Å². The van der Waals surface area contributed by atoms with Crippen LogP contribution in [-0.4, -0.2) is 93.9 Å². The Balaban J connectivity index is 1.94. The quantitative estimate of drug-likeness (QED) is 0.0614. The first kappa shape index (κ1) is 30.0. The average molecular weight is 535 g/mol. The fourth-order valence-electron chi connectivity index (χ4n) is 3.60. The zero-order valence-electron chi connectivity index (χ0n) is 20.6. The second-order valence-corrected chi connectivity index (χ2v) is 8.51. The van der Waals surface area contributed by atoms with E-state index in [4.69, 9.17) is 17.2 Å². The highest BCUT2D eigenvalue weighted by atomic mass is 16.4. The molecule has 3 amide bonds. The Hall–Kier alpha value is -4.21. The Morgan fingerprint density at radius 3 is 2.08 bits per heavy atom. The number of hydrogen-bond acceptors (Lipinski definition) is 8. The third-order valence-corrected chi connectivity index (χ3v) is 5.64. The molecule has 38 heavy (non-hydrogen) atoms. The van der Waals surface area contributed by atoms with Gasteiger partial charge >= 0.3 is 5.97 Å². The molecule has 0 radical (unpaired) electrons. The van der Waals surface area contributed by atoms with Crippen molar-refractivity contribution in [2.45, 2.75) is 43.4 Å². The highest BCUT2D eigenvalue weighted by Crippen LogP contribution is 2.18. The Kier molecular flexibility index (Phi) is 11.5. The maximum absolute atomic E-state index is 12.6. The molecule has 0 bridgehead atoms. The molecule has 0 aliphatic carbocycles. The molecule has 0 aliphatic heterocycles. The summed E-state index contributed by atoms with van der Waals surface area (Å²) in [5.74, 6) is -4.17. The van der Waals surface area contributed by atoms with Crippen LogP contribution in [0.3, 0.4) is 0 Å². The van der Waals surface area contributed by atoms with Gasteiger partial charge in [0, 0.05) is 23.6 Å². The number of benzene rings is 1. The Morgan fingerprint density at radius 2 is 1.50 bits per heavy atom. The number of nitrogens with zero attached hydrogens (tertiary/aromatic N) is 1. The zero-order chi connectivity index (χ0) is 28.2. The maximum atomic E-state index is 12.6. The minimum atomic E-state index is -1.55. The number of amides is 3. The average Bonchev–Trinajstić information content (AvgIpc) is 3.29. The van der Waals surface area contributed by atoms with Crippen molar-refractivity contribution in [2.24, 2.45) is 22.2 Å². The van der Waals surface area contributed by atoms with Crippen LogP contribution in [0.2, 0.25) is 0 Å². The van der Waals surface area contributed by atoms with E-state index >= 15 is 0 Å². The lowest BCUT2D eigenvalue weighted by atomic mass is 10.0. The van der Waals surface area contributed by atoms with Crippen LogP contribution in [0.4, 0.5) is 0 Å². The fourth-order valence-corrected chi connectivity index (χ4v) is 3.60. The molecule has 1 aromatic heterocycles. The number of carbonyl (C=O) groups is 4. The maximum Gasteiger partial charge on any atom is 0.326 e. The van der Waals surface area contributed by atoms with E-state index in [2.05, 4.69) is 25.9 Å². The number of aliphatic hydroxyl groups excluding tert-OH is 2. The fraction of sp³-hybridized carbons (Fsp3) is 0.435. The smallest absolute Gasteiger partial charge is 0.326 e. The van der Waals surface area contributed by atoms with Crippen molar-refractivity contribution in [3.05, 3.63) is 36.0 Å². The van der Waals surface area contributed by atoms with Gasteiger partial charge in [-0.2, -0.15) is 0 Å². The SMILES string of the molecule is NC(N)=NCCCC(NC(=O)C(CO)NC(=O)C(CO)NC(=O)C(N)Cc1c[nH]c2ccccc12)C(=O)O. The first-order valence-electron chi connectivity index (χ1n) is 11.8. The number of nitrogens with two attached hydrogens (primary N) is 3. The molecule has 0 saturated heterocycles. The van der Waals surface area contributed by atoms with Crippen molar-refractivity contribution in [3.63, 3.8) is 0 Å². The van der Waals surface area contributed by atoms with Gasteiger partial charge in [0.1, 0.15) is 18.1 Å². The number of aromatic nitrogens is 1. The van der Waals surface area contributed by atoms with E-state index in [1.165, 1.54) is 0 Å². The van der Waals surface area contributed by atoms with E-state index in [1.54, 1.807) is 6.20 Å². The predicted octanol–water partition coefficient (Wildman–Crippen LogP) is -3.39. The summed E-state index contributed by atoms with van der Waals surface area (Å²) in [5.41, 5.74) is 18.1.